The fourth-order valence-electron chi connectivity index (χ4n) is 2.52. The van der Waals surface area contributed by atoms with Crippen molar-refractivity contribution in [1.29, 1.82) is 0 Å². The van der Waals surface area contributed by atoms with E-state index in [9.17, 15) is 17.6 Å². The Kier molecular flexibility index (Phi) is 6.60. The maximum atomic E-state index is 12.9. The van der Waals surface area contributed by atoms with Crippen molar-refractivity contribution in [2.75, 3.05) is 11.1 Å². The van der Waals surface area contributed by atoms with Crippen molar-refractivity contribution in [3.05, 3.63) is 70.8 Å². The number of benzene rings is 2. The van der Waals surface area contributed by atoms with Gasteiger partial charge in [0.25, 0.3) is 0 Å². The average molecular weight is 438 g/mol. The Labute approximate surface area is 171 Å². The second-order valence-corrected chi connectivity index (χ2v) is 8.77. The number of nitrogens with one attached hydrogen (secondary N) is 1. The van der Waals surface area contributed by atoms with Gasteiger partial charge < -0.3 is 4.42 Å². The van der Waals surface area contributed by atoms with Gasteiger partial charge in [0.15, 0.2) is 9.84 Å². The van der Waals surface area contributed by atoms with E-state index < -0.39 is 15.7 Å². The van der Waals surface area contributed by atoms with E-state index in [4.69, 9.17) is 16.0 Å². The highest BCUT2D eigenvalue weighted by atomic mass is 35.5. The summed E-state index contributed by atoms with van der Waals surface area (Å²) in [5.41, 5.74) is 0.778. The van der Waals surface area contributed by atoms with Crippen molar-refractivity contribution in [2.45, 2.75) is 24.2 Å². The number of halogens is 2. The molecule has 3 aromatic rings. The average Bonchev–Trinajstić information content (AvgIpc) is 3.10. The molecule has 1 amide bonds. The number of hydrogen-bond acceptors (Lipinski definition) is 6. The van der Waals surface area contributed by atoms with Crippen molar-refractivity contribution in [3.63, 3.8) is 0 Å². The highest BCUT2D eigenvalue weighted by Crippen LogP contribution is 2.17. The van der Waals surface area contributed by atoms with E-state index in [2.05, 4.69) is 15.5 Å². The van der Waals surface area contributed by atoms with Gasteiger partial charge in [0.2, 0.25) is 11.8 Å². The number of rotatable bonds is 8. The van der Waals surface area contributed by atoms with Crippen molar-refractivity contribution in [3.8, 4) is 0 Å². The summed E-state index contributed by atoms with van der Waals surface area (Å²) in [5, 5.41) is 10.4. The van der Waals surface area contributed by atoms with Crippen LogP contribution in [0.15, 0.2) is 57.8 Å². The molecule has 0 radical (unpaired) electrons. The van der Waals surface area contributed by atoms with Crippen LogP contribution < -0.4 is 5.32 Å². The Morgan fingerprint density at radius 2 is 1.76 bits per heavy atom. The Balaban J connectivity index is 1.48. The van der Waals surface area contributed by atoms with Crippen LogP contribution in [-0.4, -0.2) is 30.3 Å². The molecule has 152 valence electrons. The van der Waals surface area contributed by atoms with Crippen LogP contribution in [0.3, 0.4) is 0 Å². The van der Waals surface area contributed by atoms with Crippen LogP contribution in [0, 0.1) is 5.82 Å². The minimum atomic E-state index is -3.50. The van der Waals surface area contributed by atoms with Gasteiger partial charge in [-0.15, -0.1) is 5.10 Å². The SMILES string of the molecule is O=C(CCCS(=O)(=O)c1ccc(Cl)cc1)Nc1nnc(Cc2ccc(F)cc2)o1. The Morgan fingerprint density at radius 3 is 2.45 bits per heavy atom. The normalized spacial score (nSPS) is 11.4. The minimum absolute atomic E-state index is 0.0253. The molecule has 0 aliphatic rings. The van der Waals surface area contributed by atoms with Gasteiger partial charge in [-0.3, -0.25) is 10.1 Å². The van der Waals surface area contributed by atoms with E-state index in [1.54, 1.807) is 12.1 Å². The predicted molar refractivity (Wildman–Crippen MR) is 105 cm³/mol. The molecular weight excluding hydrogens is 421 g/mol. The molecule has 0 aliphatic carbocycles. The summed E-state index contributed by atoms with van der Waals surface area (Å²) in [4.78, 5) is 12.1. The smallest absolute Gasteiger partial charge is 0.322 e. The quantitative estimate of drug-likeness (QED) is 0.577. The second kappa shape index (κ2) is 9.15. The van der Waals surface area contributed by atoms with Gasteiger partial charge in [0.1, 0.15) is 5.82 Å². The number of hydrogen-bond donors (Lipinski definition) is 1. The lowest BCUT2D eigenvalue weighted by molar-refractivity contribution is -0.116. The highest BCUT2D eigenvalue weighted by molar-refractivity contribution is 7.91. The third kappa shape index (κ3) is 6.10. The molecule has 0 saturated heterocycles. The van der Waals surface area contributed by atoms with Gasteiger partial charge in [0, 0.05) is 11.4 Å². The lowest BCUT2D eigenvalue weighted by Gasteiger charge is -2.04. The van der Waals surface area contributed by atoms with E-state index in [0.717, 1.165) is 5.56 Å². The van der Waals surface area contributed by atoms with Crippen molar-refractivity contribution >= 4 is 33.4 Å². The number of amides is 1. The molecule has 0 aliphatic heterocycles. The van der Waals surface area contributed by atoms with Gasteiger partial charge in [0.05, 0.1) is 17.1 Å². The third-order valence-corrected chi connectivity index (χ3v) is 6.04. The Hall–Kier alpha value is -2.78. The number of nitrogens with zero attached hydrogens (tertiary/aromatic N) is 2. The maximum Gasteiger partial charge on any atom is 0.322 e. The molecule has 7 nitrogen and oxygen atoms in total. The second-order valence-electron chi connectivity index (χ2n) is 6.23. The molecule has 1 N–H and O–H groups in total. The summed E-state index contributed by atoms with van der Waals surface area (Å²) in [6, 6.07) is 11.6. The molecule has 0 fully saturated rings. The number of carbonyl (C=O) groups is 1. The fourth-order valence-corrected chi connectivity index (χ4v) is 3.95. The van der Waals surface area contributed by atoms with E-state index in [1.807, 2.05) is 0 Å². The lowest BCUT2D eigenvalue weighted by Crippen LogP contribution is -2.14. The molecule has 0 unspecified atom stereocenters. The van der Waals surface area contributed by atoms with Crippen LogP contribution in [0.4, 0.5) is 10.4 Å². The zero-order valence-electron chi connectivity index (χ0n) is 15.1. The van der Waals surface area contributed by atoms with E-state index in [-0.39, 0.29) is 41.2 Å². The van der Waals surface area contributed by atoms with Crippen molar-refractivity contribution in [1.82, 2.24) is 10.2 Å². The first-order valence-electron chi connectivity index (χ1n) is 8.67. The third-order valence-electron chi connectivity index (χ3n) is 3.97. The van der Waals surface area contributed by atoms with Crippen LogP contribution >= 0.6 is 11.6 Å². The largest absolute Gasteiger partial charge is 0.407 e. The van der Waals surface area contributed by atoms with Gasteiger partial charge in [-0.2, -0.15) is 0 Å². The molecule has 1 heterocycles. The number of carbonyl (C=O) groups excluding carboxylic acids is 1. The monoisotopic (exact) mass is 437 g/mol. The van der Waals surface area contributed by atoms with Gasteiger partial charge in [-0.05, 0) is 48.4 Å². The summed E-state index contributed by atoms with van der Waals surface area (Å²) >= 11 is 5.76. The zero-order valence-corrected chi connectivity index (χ0v) is 16.7. The summed E-state index contributed by atoms with van der Waals surface area (Å²) in [6.45, 7) is 0. The topological polar surface area (TPSA) is 102 Å². The first-order valence-corrected chi connectivity index (χ1v) is 10.7. The first kappa shape index (κ1) is 20.9. The van der Waals surface area contributed by atoms with E-state index >= 15 is 0 Å². The molecule has 2 aromatic carbocycles. The van der Waals surface area contributed by atoms with Gasteiger partial charge >= 0.3 is 6.01 Å². The standard InChI is InChI=1S/C19H17ClFN3O4S/c20-14-5-9-16(10-6-14)29(26,27)11-1-2-17(25)22-19-24-23-18(28-19)12-13-3-7-15(21)8-4-13/h3-10H,1-2,11-12H2,(H,22,24,25). The predicted octanol–water partition coefficient (Wildman–Crippen LogP) is 3.65. The number of anilines is 1. The Morgan fingerprint density at radius 1 is 1.07 bits per heavy atom. The van der Waals surface area contributed by atoms with Crippen molar-refractivity contribution in [2.24, 2.45) is 0 Å². The Bertz CT molecular complexity index is 1080. The molecule has 0 atom stereocenters. The number of aromatic nitrogens is 2. The number of sulfone groups is 1. The van der Waals surface area contributed by atoms with Crippen LogP contribution in [-0.2, 0) is 21.1 Å². The summed E-state index contributed by atoms with van der Waals surface area (Å²) in [7, 11) is -3.50. The van der Waals surface area contributed by atoms with Crippen LogP contribution in [0.25, 0.3) is 0 Å². The molecule has 0 saturated carbocycles. The highest BCUT2D eigenvalue weighted by Gasteiger charge is 2.16. The molecule has 29 heavy (non-hydrogen) atoms. The van der Waals surface area contributed by atoms with Gasteiger partial charge in [-0.25, -0.2) is 12.8 Å². The molecule has 0 spiro atoms. The fraction of sp³-hybridized carbons (Fsp3) is 0.211. The molecule has 10 heteroatoms. The van der Waals surface area contributed by atoms with E-state index in [1.165, 1.54) is 36.4 Å². The molecule has 1 aromatic heterocycles. The zero-order chi connectivity index (χ0) is 20.9. The molecule has 0 bridgehead atoms. The van der Waals surface area contributed by atoms with Crippen LogP contribution in [0.2, 0.25) is 5.02 Å². The molecule has 3 rings (SSSR count). The van der Waals surface area contributed by atoms with E-state index in [0.29, 0.717) is 11.4 Å². The lowest BCUT2D eigenvalue weighted by atomic mass is 10.1. The molecular formula is C19H17ClFN3O4S. The maximum absolute atomic E-state index is 12.9. The first-order chi connectivity index (χ1) is 13.8. The summed E-state index contributed by atoms with van der Waals surface area (Å²) in [5.74, 6) is -0.697. The van der Waals surface area contributed by atoms with Crippen molar-refractivity contribution < 1.29 is 22.0 Å². The van der Waals surface area contributed by atoms with Crippen LogP contribution in [0.5, 0.6) is 0 Å². The van der Waals surface area contributed by atoms with Gasteiger partial charge in [-0.1, -0.05) is 28.8 Å². The summed E-state index contributed by atoms with van der Waals surface area (Å²) < 4.78 is 42.7. The minimum Gasteiger partial charge on any atom is -0.407 e. The van der Waals surface area contributed by atoms with Crippen LogP contribution in [0.1, 0.15) is 24.3 Å². The summed E-state index contributed by atoms with van der Waals surface area (Å²) in [6.07, 6.45) is 0.401.